The number of rotatable bonds is 5. The Balaban J connectivity index is 2.21. The predicted octanol–water partition coefficient (Wildman–Crippen LogP) is 3.56. The second-order valence-electron chi connectivity index (χ2n) is 6.41. The van der Waals surface area contributed by atoms with Gasteiger partial charge in [-0.25, -0.2) is 0 Å². The molecule has 1 aromatic rings. The van der Waals surface area contributed by atoms with Crippen molar-refractivity contribution in [1.82, 2.24) is 0 Å². The monoisotopic (exact) mass is 291 g/mol. The van der Waals surface area contributed by atoms with E-state index in [-0.39, 0.29) is 5.41 Å². The van der Waals surface area contributed by atoms with Crippen LogP contribution in [0.25, 0.3) is 0 Å². The Labute approximate surface area is 128 Å². The number of hydrogen-bond acceptors (Lipinski definition) is 3. The molecular weight excluding hydrogens is 262 g/mol. The first-order chi connectivity index (χ1) is 10.2. The van der Waals surface area contributed by atoms with E-state index < -0.39 is 6.10 Å². The maximum absolute atomic E-state index is 11.0. The molecule has 0 amide bonds. The Morgan fingerprint density at radius 1 is 1.19 bits per heavy atom. The normalized spacial score (nSPS) is 20.5. The van der Waals surface area contributed by atoms with Gasteiger partial charge >= 0.3 is 0 Å². The highest BCUT2D eigenvalue weighted by atomic mass is 16.5. The smallest absolute Gasteiger partial charge is 0.0858 e. The number of methoxy groups -OCH3 is 1. The molecule has 21 heavy (non-hydrogen) atoms. The van der Waals surface area contributed by atoms with Gasteiger partial charge in [0.15, 0.2) is 0 Å². The summed E-state index contributed by atoms with van der Waals surface area (Å²) in [7, 11) is 1.69. The summed E-state index contributed by atoms with van der Waals surface area (Å²) in [5, 5.41) is 11.0. The molecule has 1 aliphatic carbocycles. The van der Waals surface area contributed by atoms with Gasteiger partial charge in [-0.15, -0.1) is 0 Å². The molecule has 1 unspecified atom stereocenters. The van der Waals surface area contributed by atoms with Gasteiger partial charge in [0.1, 0.15) is 0 Å². The first-order valence-corrected chi connectivity index (χ1v) is 8.18. The molecule has 1 saturated carbocycles. The number of nitrogens with two attached hydrogens (primary N) is 1. The zero-order valence-electron chi connectivity index (χ0n) is 13.2. The van der Waals surface area contributed by atoms with Crippen molar-refractivity contribution in [2.24, 2.45) is 11.1 Å². The molecule has 0 heterocycles. The van der Waals surface area contributed by atoms with E-state index in [2.05, 4.69) is 6.07 Å². The average molecular weight is 291 g/mol. The minimum absolute atomic E-state index is 0.161. The van der Waals surface area contributed by atoms with E-state index in [1.165, 1.54) is 32.1 Å². The summed E-state index contributed by atoms with van der Waals surface area (Å²) in [6.07, 6.45) is 7.77. The van der Waals surface area contributed by atoms with Crippen LogP contribution in [0.4, 0.5) is 0 Å². The van der Waals surface area contributed by atoms with Crippen LogP contribution >= 0.6 is 0 Å². The third kappa shape index (κ3) is 4.06. The maximum atomic E-state index is 11.0. The third-order valence-corrected chi connectivity index (χ3v) is 4.91. The number of aliphatic hydroxyl groups is 1. The van der Waals surface area contributed by atoms with Crippen LogP contribution in [0.2, 0.25) is 0 Å². The molecule has 1 aromatic carbocycles. The van der Waals surface area contributed by atoms with Gasteiger partial charge in [0.25, 0.3) is 0 Å². The van der Waals surface area contributed by atoms with Gasteiger partial charge in [0.2, 0.25) is 0 Å². The molecule has 0 aromatic heterocycles. The van der Waals surface area contributed by atoms with Gasteiger partial charge in [-0.2, -0.15) is 0 Å². The number of benzene rings is 1. The molecule has 118 valence electrons. The Morgan fingerprint density at radius 2 is 1.86 bits per heavy atom. The lowest BCUT2D eigenvalue weighted by Gasteiger charge is -2.39. The van der Waals surface area contributed by atoms with Crippen molar-refractivity contribution in [3.63, 3.8) is 0 Å². The third-order valence-electron chi connectivity index (χ3n) is 4.91. The Morgan fingerprint density at radius 3 is 2.48 bits per heavy atom. The summed E-state index contributed by atoms with van der Waals surface area (Å²) >= 11 is 0. The van der Waals surface area contributed by atoms with Crippen LogP contribution in [0.15, 0.2) is 24.3 Å². The molecule has 3 N–H and O–H groups in total. The number of aliphatic hydroxyl groups excluding tert-OH is 1. The molecule has 0 aliphatic heterocycles. The molecule has 0 radical (unpaired) electrons. The lowest BCUT2D eigenvalue weighted by Crippen LogP contribution is -2.37. The minimum Gasteiger partial charge on any atom is -0.388 e. The van der Waals surface area contributed by atoms with E-state index in [0.717, 1.165) is 24.0 Å². The molecule has 0 spiro atoms. The fourth-order valence-corrected chi connectivity index (χ4v) is 3.57. The molecule has 3 nitrogen and oxygen atoms in total. The van der Waals surface area contributed by atoms with Crippen molar-refractivity contribution in [2.75, 3.05) is 13.7 Å². The lowest BCUT2D eigenvalue weighted by molar-refractivity contribution is 0.00836. The average Bonchev–Trinajstić information content (AvgIpc) is 2.48. The second kappa shape index (κ2) is 7.92. The van der Waals surface area contributed by atoms with Crippen molar-refractivity contribution >= 4 is 0 Å². The highest BCUT2D eigenvalue weighted by Gasteiger charge is 2.37. The number of ether oxygens (including phenoxy) is 1. The zero-order chi connectivity index (χ0) is 15.1. The first kappa shape index (κ1) is 16.5. The molecular formula is C18H29NO2. The van der Waals surface area contributed by atoms with E-state index in [4.69, 9.17) is 10.5 Å². The first-order valence-electron chi connectivity index (χ1n) is 8.18. The zero-order valence-corrected chi connectivity index (χ0v) is 13.2. The summed E-state index contributed by atoms with van der Waals surface area (Å²) in [5.74, 6) is 0. The number of hydrogen-bond donors (Lipinski definition) is 2. The van der Waals surface area contributed by atoms with Crippen LogP contribution in [0, 0.1) is 5.41 Å². The van der Waals surface area contributed by atoms with Crippen molar-refractivity contribution in [3.05, 3.63) is 35.4 Å². The second-order valence-corrected chi connectivity index (χ2v) is 6.41. The largest absolute Gasteiger partial charge is 0.388 e. The van der Waals surface area contributed by atoms with Crippen LogP contribution in [-0.4, -0.2) is 18.8 Å². The van der Waals surface area contributed by atoms with E-state index in [1.54, 1.807) is 7.11 Å². The van der Waals surface area contributed by atoms with Crippen LogP contribution in [0.1, 0.15) is 62.2 Å². The highest BCUT2D eigenvalue weighted by Crippen LogP contribution is 2.43. The van der Waals surface area contributed by atoms with Gasteiger partial charge < -0.3 is 15.6 Å². The molecule has 3 heteroatoms. The fourth-order valence-electron chi connectivity index (χ4n) is 3.57. The molecule has 1 atom stereocenters. The molecule has 2 rings (SSSR count). The van der Waals surface area contributed by atoms with Gasteiger partial charge in [-0.3, -0.25) is 0 Å². The topological polar surface area (TPSA) is 55.5 Å². The van der Waals surface area contributed by atoms with Crippen LogP contribution in [0.3, 0.4) is 0 Å². The van der Waals surface area contributed by atoms with Gasteiger partial charge in [0.05, 0.1) is 12.7 Å². The predicted molar refractivity (Wildman–Crippen MR) is 85.9 cm³/mol. The fraction of sp³-hybridized carbons (Fsp3) is 0.667. The summed E-state index contributed by atoms with van der Waals surface area (Å²) in [4.78, 5) is 0. The standard InChI is InChI=1S/C18H29NO2/c1-21-13-15-8-7-9-16(12-15)17(20)18(14-19)10-5-3-2-4-6-11-18/h7-9,12,17,20H,2-6,10-11,13-14,19H2,1H3. The Kier molecular flexibility index (Phi) is 6.22. The van der Waals surface area contributed by atoms with Gasteiger partial charge in [-0.1, -0.05) is 56.4 Å². The summed E-state index contributed by atoms with van der Waals surface area (Å²) in [6, 6.07) is 8.11. The molecule has 1 aliphatic rings. The van der Waals surface area contributed by atoms with E-state index in [9.17, 15) is 5.11 Å². The summed E-state index contributed by atoms with van der Waals surface area (Å²) in [5.41, 5.74) is 8.03. The Hall–Kier alpha value is -0.900. The lowest BCUT2D eigenvalue weighted by atomic mass is 9.70. The minimum atomic E-state index is -0.475. The summed E-state index contributed by atoms with van der Waals surface area (Å²) < 4.78 is 5.19. The van der Waals surface area contributed by atoms with Gasteiger partial charge in [-0.05, 0) is 24.0 Å². The van der Waals surface area contributed by atoms with Crippen LogP contribution in [-0.2, 0) is 11.3 Å². The van der Waals surface area contributed by atoms with Crippen molar-refractivity contribution in [1.29, 1.82) is 0 Å². The van der Waals surface area contributed by atoms with Crippen molar-refractivity contribution in [2.45, 2.75) is 57.7 Å². The van der Waals surface area contributed by atoms with Crippen LogP contribution < -0.4 is 5.73 Å². The quantitative estimate of drug-likeness (QED) is 0.872. The molecule has 0 bridgehead atoms. The van der Waals surface area contributed by atoms with E-state index in [1.807, 2.05) is 18.2 Å². The maximum Gasteiger partial charge on any atom is 0.0858 e. The van der Waals surface area contributed by atoms with E-state index in [0.29, 0.717) is 13.2 Å². The van der Waals surface area contributed by atoms with Crippen LogP contribution in [0.5, 0.6) is 0 Å². The van der Waals surface area contributed by atoms with E-state index >= 15 is 0 Å². The van der Waals surface area contributed by atoms with Crippen molar-refractivity contribution < 1.29 is 9.84 Å². The SMILES string of the molecule is COCc1cccc(C(O)C2(CN)CCCCCCC2)c1. The molecule has 0 saturated heterocycles. The van der Waals surface area contributed by atoms with Gasteiger partial charge in [0, 0.05) is 19.1 Å². The van der Waals surface area contributed by atoms with Crippen molar-refractivity contribution in [3.8, 4) is 0 Å². The molecule has 1 fully saturated rings. The highest BCUT2D eigenvalue weighted by molar-refractivity contribution is 5.26. The summed E-state index contributed by atoms with van der Waals surface area (Å²) in [6.45, 7) is 1.14. The Bertz CT molecular complexity index is 425.